The van der Waals surface area contributed by atoms with E-state index in [9.17, 15) is 9.90 Å². The minimum Gasteiger partial charge on any atom is -0.456 e. The van der Waals surface area contributed by atoms with Gasteiger partial charge in [0.2, 0.25) is 0 Å². The summed E-state index contributed by atoms with van der Waals surface area (Å²) in [6.07, 6.45) is 1.39. The van der Waals surface area contributed by atoms with Gasteiger partial charge in [0.1, 0.15) is 6.10 Å². The van der Waals surface area contributed by atoms with Gasteiger partial charge in [0, 0.05) is 11.0 Å². The van der Waals surface area contributed by atoms with Gasteiger partial charge in [-0.2, -0.15) is 0 Å². The van der Waals surface area contributed by atoms with Gasteiger partial charge in [-0.3, -0.25) is 0 Å². The second kappa shape index (κ2) is 4.18. The second-order valence-corrected chi connectivity index (χ2v) is 5.03. The van der Waals surface area contributed by atoms with Gasteiger partial charge in [-0.1, -0.05) is 6.58 Å². The van der Waals surface area contributed by atoms with Crippen molar-refractivity contribution < 1.29 is 19.4 Å². The molecular weight excluding hydrogens is 208 g/mol. The SMILES string of the molecule is C=C(C)C(=O)OC1CCC2(COC2)CC1O. The summed E-state index contributed by atoms with van der Waals surface area (Å²) in [7, 11) is 0. The molecule has 2 atom stereocenters. The lowest BCUT2D eigenvalue weighted by Crippen LogP contribution is -2.51. The highest BCUT2D eigenvalue weighted by atomic mass is 16.6. The predicted octanol–water partition coefficient (Wildman–Crippen LogP) is 1.04. The highest BCUT2D eigenvalue weighted by Crippen LogP contribution is 2.43. The summed E-state index contributed by atoms with van der Waals surface area (Å²) in [6.45, 7) is 6.59. The molecule has 2 aliphatic rings. The monoisotopic (exact) mass is 226 g/mol. The van der Waals surface area contributed by atoms with Crippen molar-refractivity contribution in [3.8, 4) is 0 Å². The minimum atomic E-state index is -0.569. The third-order valence-electron chi connectivity index (χ3n) is 3.45. The zero-order valence-corrected chi connectivity index (χ0v) is 9.57. The molecule has 0 aromatic heterocycles. The third kappa shape index (κ3) is 2.13. The van der Waals surface area contributed by atoms with E-state index in [1.54, 1.807) is 6.92 Å². The number of esters is 1. The fourth-order valence-corrected chi connectivity index (χ4v) is 2.35. The maximum atomic E-state index is 11.3. The van der Waals surface area contributed by atoms with Crippen LogP contribution in [0.25, 0.3) is 0 Å². The van der Waals surface area contributed by atoms with Crippen LogP contribution in [0.2, 0.25) is 0 Å². The van der Waals surface area contributed by atoms with Crippen molar-refractivity contribution in [2.75, 3.05) is 13.2 Å². The minimum absolute atomic E-state index is 0.144. The number of aliphatic hydroxyl groups is 1. The summed E-state index contributed by atoms with van der Waals surface area (Å²) >= 11 is 0. The Morgan fingerprint density at radius 3 is 2.69 bits per heavy atom. The van der Waals surface area contributed by atoms with Gasteiger partial charge in [0.15, 0.2) is 0 Å². The number of aliphatic hydroxyl groups excluding tert-OH is 1. The molecule has 1 N–H and O–H groups in total. The van der Waals surface area contributed by atoms with Gasteiger partial charge in [-0.25, -0.2) is 4.79 Å². The Hall–Kier alpha value is -0.870. The molecule has 4 nitrogen and oxygen atoms in total. The summed E-state index contributed by atoms with van der Waals surface area (Å²) in [5.41, 5.74) is 0.519. The van der Waals surface area contributed by atoms with Gasteiger partial charge in [0.25, 0.3) is 0 Å². The van der Waals surface area contributed by atoms with E-state index in [2.05, 4.69) is 6.58 Å². The Morgan fingerprint density at radius 2 is 2.25 bits per heavy atom. The van der Waals surface area contributed by atoms with Gasteiger partial charge < -0.3 is 14.6 Å². The van der Waals surface area contributed by atoms with E-state index >= 15 is 0 Å². The van der Waals surface area contributed by atoms with Gasteiger partial charge in [-0.15, -0.1) is 0 Å². The Morgan fingerprint density at radius 1 is 1.56 bits per heavy atom. The summed E-state index contributed by atoms with van der Waals surface area (Å²) in [5, 5.41) is 9.94. The molecule has 1 aliphatic carbocycles. The van der Waals surface area contributed by atoms with Crippen LogP contribution in [0, 0.1) is 5.41 Å². The van der Waals surface area contributed by atoms with Crippen LogP contribution >= 0.6 is 0 Å². The molecule has 0 radical (unpaired) electrons. The first-order valence-electron chi connectivity index (χ1n) is 5.65. The highest BCUT2D eigenvalue weighted by Gasteiger charge is 2.46. The Balaban J connectivity index is 1.89. The van der Waals surface area contributed by atoms with Crippen LogP contribution < -0.4 is 0 Å². The van der Waals surface area contributed by atoms with E-state index in [-0.39, 0.29) is 11.5 Å². The molecule has 1 spiro atoms. The number of hydrogen-bond donors (Lipinski definition) is 1. The quantitative estimate of drug-likeness (QED) is 0.564. The molecule has 2 fully saturated rings. The molecule has 0 bridgehead atoms. The molecule has 0 aromatic carbocycles. The molecule has 4 heteroatoms. The molecule has 2 rings (SSSR count). The van der Waals surface area contributed by atoms with E-state index in [4.69, 9.17) is 9.47 Å². The van der Waals surface area contributed by atoms with Crippen molar-refractivity contribution >= 4 is 5.97 Å². The summed E-state index contributed by atoms with van der Waals surface area (Å²) < 4.78 is 10.4. The maximum absolute atomic E-state index is 11.3. The van der Waals surface area contributed by atoms with E-state index in [0.717, 1.165) is 19.6 Å². The number of rotatable bonds is 2. The van der Waals surface area contributed by atoms with E-state index in [1.165, 1.54) is 0 Å². The number of hydrogen-bond acceptors (Lipinski definition) is 4. The van der Waals surface area contributed by atoms with E-state index in [1.807, 2.05) is 0 Å². The fraction of sp³-hybridized carbons (Fsp3) is 0.750. The molecule has 0 aromatic rings. The van der Waals surface area contributed by atoms with Crippen molar-refractivity contribution in [2.24, 2.45) is 5.41 Å². The van der Waals surface area contributed by atoms with Crippen LogP contribution in [-0.4, -0.2) is 36.5 Å². The molecule has 1 aliphatic heterocycles. The first kappa shape index (κ1) is 11.6. The predicted molar refractivity (Wildman–Crippen MR) is 57.8 cm³/mol. The lowest BCUT2D eigenvalue weighted by atomic mass is 9.70. The molecule has 1 saturated heterocycles. The summed E-state index contributed by atoms with van der Waals surface area (Å²) in [6, 6.07) is 0. The molecular formula is C12H18O4. The molecule has 1 saturated carbocycles. The van der Waals surface area contributed by atoms with Crippen molar-refractivity contribution in [3.05, 3.63) is 12.2 Å². The van der Waals surface area contributed by atoms with Gasteiger partial charge >= 0.3 is 5.97 Å². The highest BCUT2D eigenvalue weighted by molar-refractivity contribution is 5.87. The van der Waals surface area contributed by atoms with Crippen molar-refractivity contribution in [2.45, 2.75) is 38.4 Å². The number of ether oxygens (including phenoxy) is 2. The number of carbonyl (C=O) groups is 1. The number of carbonyl (C=O) groups excluding carboxylic acids is 1. The molecule has 16 heavy (non-hydrogen) atoms. The first-order chi connectivity index (χ1) is 7.52. The van der Waals surface area contributed by atoms with E-state index in [0.29, 0.717) is 18.4 Å². The van der Waals surface area contributed by atoms with Crippen LogP contribution in [-0.2, 0) is 14.3 Å². The van der Waals surface area contributed by atoms with Crippen LogP contribution in [0.3, 0.4) is 0 Å². The van der Waals surface area contributed by atoms with Crippen LogP contribution in [0.4, 0.5) is 0 Å². The zero-order valence-electron chi connectivity index (χ0n) is 9.57. The first-order valence-corrected chi connectivity index (χ1v) is 5.65. The van der Waals surface area contributed by atoms with Crippen LogP contribution in [0.5, 0.6) is 0 Å². The van der Waals surface area contributed by atoms with E-state index < -0.39 is 12.1 Å². The summed E-state index contributed by atoms with van der Waals surface area (Å²) in [4.78, 5) is 11.3. The largest absolute Gasteiger partial charge is 0.456 e. The van der Waals surface area contributed by atoms with Gasteiger partial charge in [0.05, 0.1) is 19.3 Å². The fourth-order valence-electron chi connectivity index (χ4n) is 2.35. The Kier molecular flexibility index (Phi) is 3.04. The van der Waals surface area contributed by atoms with Crippen LogP contribution in [0.15, 0.2) is 12.2 Å². The average molecular weight is 226 g/mol. The second-order valence-electron chi connectivity index (χ2n) is 5.03. The summed E-state index contributed by atoms with van der Waals surface area (Å²) in [5.74, 6) is -0.412. The van der Waals surface area contributed by atoms with Crippen LogP contribution in [0.1, 0.15) is 26.2 Å². The maximum Gasteiger partial charge on any atom is 0.333 e. The molecule has 2 unspecified atom stereocenters. The topological polar surface area (TPSA) is 55.8 Å². The third-order valence-corrected chi connectivity index (χ3v) is 3.45. The molecule has 0 amide bonds. The standard InChI is InChI=1S/C12H18O4/c1-8(2)11(14)16-10-3-4-12(5-9(10)13)6-15-7-12/h9-10,13H,1,3-7H2,2H3. The zero-order chi connectivity index (χ0) is 11.8. The Labute approximate surface area is 95.2 Å². The van der Waals surface area contributed by atoms with Crippen molar-refractivity contribution in [1.29, 1.82) is 0 Å². The smallest absolute Gasteiger partial charge is 0.333 e. The molecule has 1 heterocycles. The lowest BCUT2D eigenvalue weighted by molar-refractivity contribution is -0.185. The lowest BCUT2D eigenvalue weighted by Gasteiger charge is -2.47. The normalized spacial score (nSPS) is 31.9. The van der Waals surface area contributed by atoms with Crippen molar-refractivity contribution in [1.82, 2.24) is 0 Å². The average Bonchev–Trinajstić information content (AvgIpc) is 2.18. The van der Waals surface area contributed by atoms with Crippen molar-refractivity contribution in [3.63, 3.8) is 0 Å². The molecule has 90 valence electrons. The van der Waals surface area contributed by atoms with Gasteiger partial charge in [-0.05, 0) is 26.2 Å². The Bertz CT molecular complexity index is 306.